The number of ether oxygens (including phenoxy) is 1. The summed E-state index contributed by atoms with van der Waals surface area (Å²) in [5.41, 5.74) is 2.23. The second-order valence-corrected chi connectivity index (χ2v) is 6.75. The van der Waals surface area contributed by atoms with Crippen LogP contribution in [0.15, 0.2) is 42.5 Å². The van der Waals surface area contributed by atoms with Gasteiger partial charge < -0.3 is 15.4 Å². The highest BCUT2D eigenvalue weighted by molar-refractivity contribution is 6.30. The molecule has 1 fully saturated rings. The first kappa shape index (κ1) is 18.3. The molecule has 0 heterocycles. The fourth-order valence-electron chi connectivity index (χ4n) is 2.84. The molecule has 3 rings (SSSR count). The van der Waals surface area contributed by atoms with E-state index in [1.807, 2.05) is 26.0 Å². The Kier molecular flexibility index (Phi) is 5.47. The van der Waals surface area contributed by atoms with E-state index in [4.69, 9.17) is 16.3 Å². The number of hydrogen-bond donors (Lipinski definition) is 2. The number of halogens is 1. The van der Waals surface area contributed by atoms with Crippen molar-refractivity contribution in [2.45, 2.75) is 20.3 Å². The van der Waals surface area contributed by atoms with Crippen LogP contribution in [0.1, 0.15) is 18.9 Å². The third-order valence-corrected chi connectivity index (χ3v) is 4.59. The van der Waals surface area contributed by atoms with Crippen LogP contribution in [0.5, 0.6) is 5.75 Å². The van der Waals surface area contributed by atoms with E-state index in [0.29, 0.717) is 35.2 Å². The summed E-state index contributed by atoms with van der Waals surface area (Å²) in [7, 11) is 0. The van der Waals surface area contributed by atoms with Crippen LogP contribution in [0.25, 0.3) is 0 Å². The first-order chi connectivity index (χ1) is 12.5. The van der Waals surface area contributed by atoms with E-state index in [-0.39, 0.29) is 23.7 Å². The number of rotatable bonds is 6. The second kappa shape index (κ2) is 7.79. The zero-order chi connectivity index (χ0) is 18.7. The number of carbonyl (C=O) groups excluding carboxylic acids is 2. The first-order valence-corrected chi connectivity index (χ1v) is 8.97. The number of benzene rings is 2. The Balaban J connectivity index is 1.59. The predicted octanol–water partition coefficient (Wildman–Crippen LogP) is 4.26. The molecule has 0 saturated heterocycles. The third-order valence-electron chi connectivity index (χ3n) is 4.36. The van der Waals surface area contributed by atoms with Crippen molar-refractivity contribution >= 4 is 34.8 Å². The Morgan fingerprint density at radius 3 is 2.38 bits per heavy atom. The van der Waals surface area contributed by atoms with Gasteiger partial charge in [-0.1, -0.05) is 23.7 Å². The second-order valence-electron chi connectivity index (χ2n) is 6.32. The first-order valence-electron chi connectivity index (χ1n) is 8.59. The number of anilines is 2. The summed E-state index contributed by atoms with van der Waals surface area (Å²) in [5.74, 6) is -0.317. The molecule has 0 bridgehead atoms. The van der Waals surface area contributed by atoms with Gasteiger partial charge >= 0.3 is 0 Å². The van der Waals surface area contributed by atoms with Gasteiger partial charge in [-0.15, -0.1) is 0 Å². The number of nitrogens with one attached hydrogen (secondary N) is 2. The number of aryl methyl sites for hydroxylation is 1. The van der Waals surface area contributed by atoms with Gasteiger partial charge in [0.1, 0.15) is 5.75 Å². The molecular weight excluding hydrogens is 352 g/mol. The summed E-state index contributed by atoms with van der Waals surface area (Å²) < 4.78 is 5.51. The van der Waals surface area contributed by atoms with Crippen molar-refractivity contribution in [3.63, 3.8) is 0 Å². The summed E-state index contributed by atoms with van der Waals surface area (Å²) in [5, 5.41) is 6.36. The van der Waals surface area contributed by atoms with Gasteiger partial charge in [-0.05, 0) is 56.2 Å². The minimum Gasteiger partial charge on any atom is -0.492 e. The van der Waals surface area contributed by atoms with Crippen LogP contribution in [-0.2, 0) is 9.59 Å². The summed E-state index contributed by atoms with van der Waals surface area (Å²) in [6.07, 6.45) is 0.543. The summed E-state index contributed by atoms with van der Waals surface area (Å²) >= 11 is 5.93. The average Bonchev–Trinajstić information content (AvgIpc) is 3.40. The molecule has 0 aliphatic heterocycles. The maximum atomic E-state index is 12.4. The minimum atomic E-state index is -0.322. The zero-order valence-electron chi connectivity index (χ0n) is 14.7. The Morgan fingerprint density at radius 2 is 1.73 bits per heavy atom. The van der Waals surface area contributed by atoms with E-state index in [1.54, 1.807) is 30.3 Å². The van der Waals surface area contributed by atoms with Gasteiger partial charge in [-0.25, -0.2) is 0 Å². The van der Waals surface area contributed by atoms with Gasteiger partial charge in [0.05, 0.1) is 24.1 Å². The van der Waals surface area contributed by atoms with E-state index in [0.717, 1.165) is 5.56 Å². The summed E-state index contributed by atoms with van der Waals surface area (Å²) in [4.78, 5) is 24.8. The lowest BCUT2D eigenvalue weighted by molar-refractivity contribution is -0.122. The van der Waals surface area contributed by atoms with Crippen molar-refractivity contribution < 1.29 is 14.3 Å². The van der Waals surface area contributed by atoms with Crippen molar-refractivity contribution in [2.24, 2.45) is 11.8 Å². The number of amides is 2. The molecule has 2 amide bonds. The molecule has 1 aliphatic rings. The third kappa shape index (κ3) is 4.17. The molecule has 2 N–H and O–H groups in total. The number of carbonyl (C=O) groups is 2. The maximum Gasteiger partial charge on any atom is 0.228 e. The molecule has 2 atom stereocenters. The largest absolute Gasteiger partial charge is 0.492 e. The van der Waals surface area contributed by atoms with E-state index < -0.39 is 0 Å². The topological polar surface area (TPSA) is 67.4 Å². The molecule has 2 aromatic rings. The standard InChI is InChI=1S/C20H21ClN2O3/c1-3-26-18-7-5-4-6-17(18)23-20(25)15-11-14(15)19(24)22-16-9-8-13(21)10-12(16)2/h4-10,14-15H,3,11H2,1-2H3,(H,22,24)(H,23,25). The number of hydrogen-bond acceptors (Lipinski definition) is 3. The summed E-state index contributed by atoms with van der Waals surface area (Å²) in [6, 6.07) is 12.6. The highest BCUT2D eigenvalue weighted by Gasteiger charge is 2.48. The van der Waals surface area contributed by atoms with E-state index in [1.165, 1.54) is 0 Å². The molecule has 2 unspecified atom stereocenters. The maximum absolute atomic E-state index is 12.4. The highest BCUT2D eigenvalue weighted by atomic mass is 35.5. The molecule has 1 aliphatic carbocycles. The fourth-order valence-corrected chi connectivity index (χ4v) is 3.07. The van der Waals surface area contributed by atoms with Crippen molar-refractivity contribution in [1.82, 2.24) is 0 Å². The zero-order valence-corrected chi connectivity index (χ0v) is 15.5. The molecule has 0 radical (unpaired) electrons. The van der Waals surface area contributed by atoms with Crippen LogP contribution in [0.4, 0.5) is 11.4 Å². The normalized spacial score (nSPS) is 18.1. The van der Waals surface area contributed by atoms with E-state index >= 15 is 0 Å². The van der Waals surface area contributed by atoms with Crippen LogP contribution in [0.2, 0.25) is 5.02 Å². The average molecular weight is 373 g/mol. The number of para-hydroxylation sites is 2. The van der Waals surface area contributed by atoms with Gasteiger partial charge in [0, 0.05) is 10.7 Å². The lowest BCUT2D eigenvalue weighted by Gasteiger charge is -2.11. The molecular formula is C20H21ClN2O3. The van der Waals surface area contributed by atoms with Crippen LogP contribution in [0.3, 0.4) is 0 Å². The Labute approximate surface area is 157 Å². The highest BCUT2D eigenvalue weighted by Crippen LogP contribution is 2.41. The quantitative estimate of drug-likeness (QED) is 0.796. The van der Waals surface area contributed by atoms with Gasteiger partial charge in [-0.2, -0.15) is 0 Å². The Morgan fingerprint density at radius 1 is 1.08 bits per heavy atom. The summed E-state index contributed by atoms with van der Waals surface area (Å²) in [6.45, 7) is 4.28. The van der Waals surface area contributed by atoms with Gasteiger partial charge in [0.2, 0.25) is 11.8 Å². The predicted molar refractivity (Wildman–Crippen MR) is 103 cm³/mol. The SMILES string of the molecule is CCOc1ccccc1NC(=O)C1CC1C(=O)Nc1ccc(Cl)cc1C. The lowest BCUT2D eigenvalue weighted by atomic mass is 10.2. The fraction of sp³-hybridized carbons (Fsp3) is 0.300. The minimum absolute atomic E-state index is 0.145. The van der Waals surface area contributed by atoms with Crippen molar-refractivity contribution in [2.75, 3.05) is 17.2 Å². The van der Waals surface area contributed by atoms with Crippen molar-refractivity contribution in [3.05, 3.63) is 53.1 Å². The lowest BCUT2D eigenvalue weighted by Crippen LogP contribution is -2.21. The Bertz CT molecular complexity index is 838. The molecule has 1 saturated carbocycles. The molecule has 0 aromatic heterocycles. The molecule has 0 spiro atoms. The molecule has 26 heavy (non-hydrogen) atoms. The van der Waals surface area contributed by atoms with Crippen LogP contribution < -0.4 is 15.4 Å². The van der Waals surface area contributed by atoms with Crippen LogP contribution >= 0.6 is 11.6 Å². The Hall–Kier alpha value is -2.53. The molecule has 136 valence electrons. The van der Waals surface area contributed by atoms with E-state index in [9.17, 15) is 9.59 Å². The van der Waals surface area contributed by atoms with Crippen molar-refractivity contribution in [1.29, 1.82) is 0 Å². The molecule has 6 heteroatoms. The van der Waals surface area contributed by atoms with Crippen LogP contribution in [-0.4, -0.2) is 18.4 Å². The molecule has 5 nitrogen and oxygen atoms in total. The van der Waals surface area contributed by atoms with E-state index in [2.05, 4.69) is 10.6 Å². The smallest absolute Gasteiger partial charge is 0.228 e. The molecule has 2 aromatic carbocycles. The van der Waals surface area contributed by atoms with Crippen molar-refractivity contribution in [3.8, 4) is 5.75 Å². The van der Waals surface area contributed by atoms with Crippen LogP contribution in [0, 0.1) is 18.8 Å². The van der Waals surface area contributed by atoms with Gasteiger partial charge in [-0.3, -0.25) is 9.59 Å². The van der Waals surface area contributed by atoms with Gasteiger partial charge in [0.15, 0.2) is 0 Å². The van der Waals surface area contributed by atoms with Gasteiger partial charge in [0.25, 0.3) is 0 Å². The monoisotopic (exact) mass is 372 g/mol.